The van der Waals surface area contributed by atoms with Crippen LogP contribution in [-0.4, -0.2) is 67.6 Å². The number of aromatic nitrogens is 1. The van der Waals surface area contributed by atoms with E-state index in [-0.39, 0.29) is 42.4 Å². The van der Waals surface area contributed by atoms with Crippen LogP contribution in [0, 0.1) is 12.7 Å². The fourth-order valence-electron chi connectivity index (χ4n) is 4.33. The largest absolute Gasteiger partial charge is 0.386 e. The Labute approximate surface area is 197 Å². The summed E-state index contributed by atoms with van der Waals surface area (Å²) in [5.74, 6) is -1.74. The van der Waals surface area contributed by atoms with E-state index in [0.717, 1.165) is 16.1 Å². The Bertz CT molecular complexity index is 1420. The molecule has 182 valence electrons. The Morgan fingerprint density at radius 1 is 1.24 bits per heavy atom. The molecule has 0 unspecified atom stereocenters. The van der Waals surface area contributed by atoms with Crippen molar-refractivity contribution in [1.29, 1.82) is 0 Å². The normalized spacial score (nSPS) is 23.8. The summed E-state index contributed by atoms with van der Waals surface area (Å²) in [6.45, 7) is 2.67. The highest BCUT2D eigenvalue weighted by Gasteiger charge is 2.63. The molecule has 12 heteroatoms. The highest BCUT2D eigenvalue weighted by atomic mass is 32.2. The molecule has 1 aromatic carbocycles. The molecule has 1 atom stereocenters. The fourth-order valence-corrected chi connectivity index (χ4v) is 7.70. The maximum absolute atomic E-state index is 14.9. The summed E-state index contributed by atoms with van der Waals surface area (Å²) in [6.07, 6.45) is 2.51. The lowest BCUT2D eigenvalue weighted by Gasteiger charge is -2.50. The number of aryl methyl sites for hydroxylation is 1. The minimum Gasteiger partial charge on any atom is -0.386 e. The molecule has 1 fully saturated rings. The smallest absolute Gasteiger partial charge is 0.211 e. The summed E-state index contributed by atoms with van der Waals surface area (Å²) < 4.78 is 64.4. The first-order chi connectivity index (χ1) is 15.7. The summed E-state index contributed by atoms with van der Waals surface area (Å²) >= 11 is 0. The summed E-state index contributed by atoms with van der Waals surface area (Å²) in [7, 11) is -7.57. The number of nitrogens with zero attached hydrogens (tertiary/aromatic N) is 3. The van der Waals surface area contributed by atoms with Gasteiger partial charge in [0.05, 0.1) is 12.0 Å². The number of benzene rings is 1. The van der Waals surface area contributed by atoms with Crippen LogP contribution < -0.4 is 5.73 Å². The molecule has 9 nitrogen and oxygen atoms in total. The number of nitrogens with two attached hydrogens (primary N) is 1. The first-order valence-corrected chi connectivity index (χ1v) is 13.9. The van der Waals surface area contributed by atoms with Crippen LogP contribution in [0.3, 0.4) is 0 Å². The number of halogens is 1. The van der Waals surface area contributed by atoms with Crippen molar-refractivity contribution in [3.63, 3.8) is 0 Å². The molecule has 4 rings (SSSR count). The van der Waals surface area contributed by atoms with Crippen molar-refractivity contribution in [1.82, 2.24) is 9.29 Å². The minimum atomic E-state index is -3.99. The number of amidine groups is 1. The number of Topliss-reactive ketones (excluding diaryl/α,β-unsaturated/α-hetero) is 1. The topological polar surface area (TPSA) is 140 Å². The third kappa shape index (κ3) is 4.03. The standard InChI is InChI=1S/C22H25FN4O5S2/c1-14-4-7-18(25-10-14)19(28)9-15-5-6-17(23)16(8-15)21(2)13-34(31,32)22(20(24)26-21)11-27(12-22)33(3,29)30/h4-8,10H,9,11-13H2,1-3H3,(H2,24,26)/t21-/m0/s1. The van der Waals surface area contributed by atoms with Gasteiger partial charge in [-0.15, -0.1) is 0 Å². The predicted octanol–water partition coefficient (Wildman–Crippen LogP) is 0.969. The fraction of sp³-hybridized carbons (Fsp3) is 0.409. The zero-order valence-corrected chi connectivity index (χ0v) is 20.6. The summed E-state index contributed by atoms with van der Waals surface area (Å²) in [5, 5.41) is 0. The molecule has 1 spiro atoms. The Hall–Kier alpha value is -2.70. The number of sulfonamides is 1. The van der Waals surface area contributed by atoms with Crippen molar-refractivity contribution in [2.75, 3.05) is 25.1 Å². The van der Waals surface area contributed by atoms with E-state index in [4.69, 9.17) is 5.73 Å². The maximum atomic E-state index is 14.9. The Kier molecular flexibility index (Phi) is 5.69. The Morgan fingerprint density at radius 2 is 1.91 bits per heavy atom. The van der Waals surface area contributed by atoms with Gasteiger partial charge >= 0.3 is 0 Å². The molecule has 2 N–H and O–H groups in total. The second-order valence-electron chi connectivity index (χ2n) is 9.19. The lowest BCUT2D eigenvalue weighted by atomic mass is 9.90. The van der Waals surface area contributed by atoms with E-state index in [1.807, 2.05) is 6.92 Å². The number of aliphatic imine (C=N–C) groups is 1. The van der Waals surface area contributed by atoms with Crippen molar-refractivity contribution in [2.45, 2.75) is 30.6 Å². The number of sulfone groups is 1. The molecule has 1 aromatic heterocycles. The number of pyridine rings is 1. The summed E-state index contributed by atoms with van der Waals surface area (Å²) in [6, 6.07) is 7.43. The van der Waals surface area contributed by atoms with E-state index in [0.29, 0.717) is 5.56 Å². The van der Waals surface area contributed by atoms with Crippen LogP contribution in [-0.2, 0) is 31.8 Å². The summed E-state index contributed by atoms with van der Waals surface area (Å²) in [5.41, 5.74) is 6.20. The van der Waals surface area contributed by atoms with Gasteiger partial charge in [-0.2, -0.15) is 4.31 Å². The van der Waals surface area contributed by atoms with E-state index >= 15 is 0 Å². The first-order valence-electron chi connectivity index (χ1n) is 10.4. The van der Waals surface area contributed by atoms with Gasteiger partial charge in [-0.1, -0.05) is 12.1 Å². The van der Waals surface area contributed by atoms with Crippen LogP contribution >= 0.6 is 0 Å². The molecule has 1 saturated heterocycles. The number of ketones is 1. The van der Waals surface area contributed by atoms with Crippen LogP contribution in [0.2, 0.25) is 0 Å². The molecule has 0 amide bonds. The monoisotopic (exact) mass is 508 g/mol. The molecular weight excluding hydrogens is 483 g/mol. The third-order valence-corrected chi connectivity index (χ3v) is 10.2. The van der Waals surface area contributed by atoms with Gasteiger partial charge in [0.2, 0.25) is 10.0 Å². The number of hydrogen-bond acceptors (Lipinski definition) is 8. The van der Waals surface area contributed by atoms with Crippen LogP contribution in [0.4, 0.5) is 4.39 Å². The molecule has 34 heavy (non-hydrogen) atoms. The quantitative estimate of drug-likeness (QED) is 0.594. The first kappa shape index (κ1) is 24.4. The molecule has 3 heterocycles. The molecule has 0 saturated carbocycles. The Morgan fingerprint density at radius 3 is 2.47 bits per heavy atom. The molecule has 0 aliphatic carbocycles. The number of hydrogen-bond donors (Lipinski definition) is 1. The lowest BCUT2D eigenvalue weighted by Crippen LogP contribution is -2.75. The lowest BCUT2D eigenvalue weighted by molar-refractivity contribution is 0.0988. The van der Waals surface area contributed by atoms with Crippen LogP contribution in [0.1, 0.15) is 34.1 Å². The maximum Gasteiger partial charge on any atom is 0.211 e. The highest BCUT2D eigenvalue weighted by molar-refractivity contribution is 7.94. The third-order valence-electron chi connectivity index (χ3n) is 6.41. The molecule has 2 aliphatic heterocycles. The van der Waals surface area contributed by atoms with E-state index in [1.54, 1.807) is 18.3 Å². The minimum absolute atomic E-state index is 0.00432. The molecule has 0 bridgehead atoms. The zero-order chi connectivity index (χ0) is 25.1. The van der Waals surface area contributed by atoms with E-state index in [9.17, 15) is 26.0 Å². The second kappa shape index (κ2) is 7.92. The zero-order valence-electron chi connectivity index (χ0n) is 18.9. The number of carbonyl (C=O) groups excluding carboxylic acids is 1. The van der Waals surface area contributed by atoms with Crippen LogP contribution in [0.25, 0.3) is 0 Å². The molecular formula is C22H25FN4O5S2. The van der Waals surface area contributed by atoms with Crippen molar-refractivity contribution in [3.05, 3.63) is 64.7 Å². The molecule has 2 aliphatic rings. The van der Waals surface area contributed by atoms with Gasteiger partial charge in [-0.25, -0.2) is 21.2 Å². The van der Waals surface area contributed by atoms with E-state index in [2.05, 4.69) is 9.98 Å². The number of carbonyl (C=O) groups is 1. The predicted molar refractivity (Wildman–Crippen MR) is 125 cm³/mol. The van der Waals surface area contributed by atoms with Crippen molar-refractivity contribution < 1.29 is 26.0 Å². The van der Waals surface area contributed by atoms with Gasteiger partial charge in [0.1, 0.15) is 22.9 Å². The van der Waals surface area contributed by atoms with Gasteiger partial charge in [0.15, 0.2) is 20.4 Å². The average Bonchev–Trinajstić information content (AvgIpc) is 2.66. The van der Waals surface area contributed by atoms with Gasteiger partial charge in [-0.05, 0) is 43.2 Å². The van der Waals surface area contributed by atoms with Crippen LogP contribution in [0.15, 0.2) is 41.5 Å². The van der Waals surface area contributed by atoms with Gasteiger partial charge in [-0.3, -0.25) is 14.8 Å². The molecule has 0 radical (unpaired) electrons. The van der Waals surface area contributed by atoms with Crippen LogP contribution in [0.5, 0.6) is 0 Å². The molecule has 2 aromatic rings. The van der Waals surface area contributed by atoms with Gasteiger partial charge < -0.3 is 5.73 Å². The van der Waals surface area contributed by atoms with E-state index in [1.165, 1.54) is 25.1 Å². The summed E-state index contributed by atoms with van der Waals surface area (Å²) in [4.78, 5) is 21.1. The highest BCUT2D eigenvalue weighted by Crippen LogP contribution is 2.42. The van der Waals surface area contributed by atoms with Crippen molar-refractivity contribution >= 4 is 31.5 Å². The average molecular weight is 509 g/mol. The number of rotatable bonds is 5. The van der Waals surface area contributed by atoms with Gasteiger partial charge in [0.25, 0.3) is 0 Å². The Balaban J connectivity index is 1.67. The van der Waals surface area contributed by atoms with E-state index < -0.39 is 41.7 Å². The van der Waals surface area contributed by atoms with Crippen molar-refractivity contribution in [2.24, 2.45) is 10.7 Å². The van der Waals surface area contributed by atoms with Crippen molar-refractivity contribution in [3.8, 4) is 0 Å². The second-order valence-corrected chi connectivity index (χ2v) is 13.5. The SMILES string of the molecule is Cc1ccc(C(=O)Cc2ccc(F)c([C@]3(C)CS(=O)(=O)C4(CN(S(C)(=O)=O)C4)C(N)=N3)c2)nc1. The van der Waals surface area contributed by atoms with Gasteiger partial charge in [0, 0.05) is 31.3 Å².